The molecule has 0 aromatic heterocycles. The molecule has 1 N–H and O–H groups in total. The first-order valence-corrected chi connectivity index (χ1v) is 4.51. The summed E-state index contributed by atoms with van der Waals surface area (Å²) in [6.07, 6.45) is 0. The average Bonchev–Trinajstić information content (AvgIpc) is 2.25. The van der Waals surface area contributed by atoms with Crippen molar-refractivity contribution in [3.8, 4) is 17.6 Å². The summed E-state index contributed by atoms with van der Waals surface area (Å²) >= 11 is 0. The number of nitrogens with zero attached hydrogens (tertiary/aromatic N) is 1. The summed E-state index contributed by atoms with van der Waals surface area (Å²) in [6, 6.07) is 2.81. The quantitative estimate of drug-likeness (QED) is 0.844. The maximum atomic E-state index is 13.5. The number of benzene rings is 1. The van der Waals surface area contributed by atoms with Gasteiger partial charge in [0.2, 0.25) is 5.82 Å². The van der Waals surface area contributed by atoms with Crippen molar-refractivity contribution < 1.29 is 18.6 Å². The van der Waals surface area contributed by atoms with Crippen molar-refractivity contribution in [2.45, 2.75) is 19.3 Å². The van der Waals surface area contributed by atoms with Crippen molar-refractivity contribution in [2.24, 2.45) is 0 Å². The smallest absolute Gasteiger partial charge is 0.209 e. The number of aromatic hydroxyl groups is 1. The summed E-state index contributed by atoms with van der Waals surface area (Å²) in [7, 11) is 1.19. The minimum absolute atomic E-state index is 0.0605. The zero-order valence-electron chi connectivity index (χ0n) is 9.14. The van der Waals surface area contributed by atoms with Gasteiger partial charge in [-0.2, -0.15) is 9.65 Å². The van der Waals surface area contributed by atoms with Crippen LogP contribution in [0, 0.1) is 23.0 Å². The van der Waals surface area contributed by atoms with E-state index in [1.807, 2.05) is 6.07 Å². The van der Waals surface area contributed by atoms with Gasteiger partial charge in [-0.05, 0) is 19.9 Å². The molecule has 0 fully saturated rings. The molecule has 86 valence electrons. The monoisotopic (exact) mass is 227 g/mol. The molecule has 3 nitrogen and oxygen atoms in total. The minimum Gasteiger partial charge on any atom is -0.503 e. The molecule has 16 heavy (non-hydrogen) atoms. The van der Waals surface area contributed by atoms with E-state index in [1.165, 1.54) is 21.0 Å². The van der Waals surface area contributed by atoms with Crippen LogP contribution >= 0.6 is 0 Å². The van der Waals surface area contributed by atoms with E-state index < -0.39 is 22.8 Å². The number of phenols is 1. The number of nitriles is 1. The van der Waals surface area contributed by atoms with Gasteiger partial charge in [0.05, 0.1) is 18.6 Å². The molecule has 0 aliphatic carbocycles. The third kappa shape index (κ3) is 1.78. The zero-order valence-corrected chi connectivity index (χ0v) is 9.14. The Morgan fingerprint density at radius 2 is 2.00 bits per heavy atom. The first-order valence-electron chi connectivity index (χ1n) is 4.51. The third-order valence-electron chi connectivity index (χ3n) is 2.31. The molecular weight excluding hydrogens is 216 g/mol. The molecule has 1 rings (SSSR count). The van der Waals surface area contributed by atoms with E-state index >= 15 is 0 Å². The van der Waals surface area contributed by atoms with Crippen molar-refractivity contribution in [2.75, 3.05) is 7.11 Å². The number of hydrogen-bond acceptors (Lipinski definition) is 3. The Morgan fingerprint density at radius 3 is 2.44 bits per heavy atom. The first kappa shape index (κ1) is 12.2. The number of phenolic OH excluding ortho intramolecular Hbond substituents is 1. The van der Waals surface area contributed by atoms with Crippen LogP contribution in [0.15, 0.2) is 6.07 Å². The molecule has 0 amide bonds. The normalized spacial score (nSPS) is 11.0. The highest BCUT2D eigenvalue weighted by atomic mass is 19.1. The molecule has 0 saturated carbocycles. The maximum Gasteiger partial charge on any atom is 0.209 e. The summed E-state index contributed by atoms with van der Waals surface area (Å²) in [4.78, 5) is 0. The van der Waals surface area contributed by atoms with E-state index in [1.54, 1.807) is 0 Å². The van der Waals surface area contributed by atoms with E-state index in [4.69, 9.17) is 15.1 Å². The van der Waals surface area contributed by atoms with Gasteiger partial charge in [-0.1, -0.05) is 0 Å². The number of methoxy groups -OCH3 is 1. The predicted octanol–water partition coefficient (Wildman–Crippen LogP) is 2.48. The summed E-state index contributed by atoms with van der Waals surface area (Å²) in [6.45, 7) is 3.00. The standard InChI is InChI=1S/C11H11F2NO2/c1-11(2,5-14)6-4-7(12)9(15)8(13)10(6)16-3/h4,15H,1-3H3. The lowest BCUT2D eigenvalue weighted by Gasteiger charge is -2.20. The molecule has 0 bridgehead atoms. The summed E-state index contributed by atoms with van der Waals surface area (Å²) < 4.78 is 31.4. The van der Waals surface area contributed by atoms with Gasteiger partial charge < -0.3 is 9.84 Å². The van der Waals surface area contributed by atoms with Gasteiger partial charge in [-0.3, -0.25) is 0 Å². The van der Waals surface area contributed by atoms with E-state index in [2.05, 4.69) is 0 Å². The molecule has 0 heterocycles. The number of halogens is 2. The lowest BCUT2D eigenvalue weighted by atomic mass is 9.85. The number of rotatable bonds is 2. The van der Waals surface area contributed by atoms with Crippen molar-refractivity contribution in [1.29, 1.82) is 5.26 Å². The molecule has 0 spiro atoms. The Labute approximate surface area is 91.9 Å². The van der Waals surface area contributed by atoms with Crippen molar-refractivity contribution in [3.05, 3.63) is 23.3 Å². The fourth-order valence-electron chi connectivity index (χ4n) is 1.32. The highest BCUT2D eigenvalue weighted by molar-refractivity contribution is 5.48. The molecule has 5 heteroatoms. The lowest BCUT2D eigenvalue weighted by Crippen LogP contribution is -2.16. The van der Waals surface area contributed by atoms with Crippen LogP contribution in [-0.2, 0) is 5.41 Å². The lowest BCUT2D eigenvalue weighted by molar-refractivity contribution is 0.341. The molecule has 1 aromatic carbocycles. The molecule has 0 atom stereocenters. The Kier molecular flexibility index (Phi) is 3.04. The van der Waals surface area contributed by atoms with Gasteiger partial charge >= 0.3 is 0 Å². The molecule has 1 aromatic rings. The van der Waals surface area contributed by atoms with E-state index in [-0.39, 0.29) is 11.3 Å². The van der Waals surface area contributed by atoms with E-state index in [0.29, 0.717) is 0 Å². The molecule has 0 aliphatic heterocycles. The minimum atomic E-state index is -1.19. The molecule has 0 radical (unpaired) electrons. The van der Waals surface area contributed by atoms with Crippen LogP contribution < -0.4 is 4.74 Å². The fourth-order valence-corrected chi connectivity index (χ4v) is 1.32. The van der Waals surface area contributed by atoms with Crippen LogP contribution in [0.3, 0.4) is 0 Å². The highest BCUT2D eigenvalue weighted by Crippen LogP contribution is 2.38. The van der Waals surface area contributed by atoms with Gasteiger partial charge in [0.25, 0.3) is 0 Å². The van der Waals surface area contributed by atoms with E-state index in [9.17, 15) is 8.78 Å². The summed E-state index contributed by atoms with van der Waals surface area (Å²) in [5, 5.41) is 18.0. The van der Waals surface area contributed by atoms with Crippen LogP contribution in [0.4, 0.5) is 8.78 Å². The Bertz CT molecular complexity index is 464. The molecule has 0 saturated heterocycles. The van der Waals surface area contributed by atoms with Gasteiger partial charge in [0, 0.05) is 5.56 Å². The third-order valence-corrected chi connectivity index (χ3v) is 2.31. The van der Waals surface area contributed by atoms with E-state index in [0.717, 1.165) is 6.07 Å². The van der Waals surface area contributed by atoms with Crippen LogP contribution in [0.5, 0.6) is 11.5 Å². The van der Waals surface area contributed by atoms with Crippen LogP contribution in [-0.4, -0.2) is 12.2 Å². The molecule has 0 aliphatic rings. The predicted molar refractivity (Wildman–Crippen MR) is 53.2 cm³/mol. The van der Waals surface area contributed by atoms with Crippen molar-refractivity contribution in [1.82, 2.24) is 0 Å². The number of hydrogen-bond donors (Lipinski definition) is 1. The van der Waals surface area contributed by atoms with Crippen LogP contribution in [0.2, 0.25) is 0 Å². The van der Waals surface area contributed by atoms with Gasteiger partial charge in [-0.25, -0.2) is 4.39 Å². The van der Waals surface area contributed by atoms with Gasteiger partial charge in [0.15, 0.2) is 17.3 Å². The zero-order chi connectivity index (χ0) is 12.5. The molecular formula is C11H11F2NO2. The Balaban J connectivity index is 3.59. The second-order valence-electron chi connectivity index (χ2n) is 3.84. The van der Waals surface area contributed by atoms with Crippen LogP contribution in [0.1, 0.15) is 19.4 Å². The van der Waals surface area contributed by atoms with Gasteiger partial charge in [-0.15, -0.1) is 0 Å². The summed E-state index contributed by atoms with van der Waals surface area (Å²) in [5.41, 5.74) is -1.05. The van der Waals surface area contributed by atoms with Crippen molar-refractivity contribution >= 4 is 0 Å². The summed E-state index contributed by atoms with van der Waals surface area (Å²) in [5.74, 6) is -3.72. The fraction of sp³-hybridized carbons (Fsp3) is 0.364. The van der Waals surface area contributed by atoms with Crippen molar-refractivity contribution in [3.63, 3.8) is 0 Å². The second kappa shape index (κ2) is 3.97. The van der Waals surface area contributed by atoms with Crippen LogP contribution in [0.25, 0.3) is 0 Å². The highest BCUT2D eigenvalue weighted by Gasteiger charge is 2.29. The second-order valence-corrected chi connectivity index (χ2v) is 3.84. The topological polar surface area (TPSA) is 53.2 Å². The molecule has 0 unspecified atom stereocenters. The Hall–Kier alpha value is -1.83. The largest absolute Gasteiger partial charge is 0.503 e. The van der Waals surface area contributed by atoms with Gasteiger partial charge in [0.1, 0.15) is 0 Å². The first-order chi connectivity index (χ1) is 7.35. The maximum absolute atomic E-state index is 13.5. The average molecular weight is 227 g/mol. The Morgan fingerprint density at radius 1 is 1.44 bits per heavy atom. The SMILES string of the molecule is COc1c(C(C)(C)C#N)cc(F)c(O)c1F. The number of ether oxygens (including phenoxy) is 1.